The predicted molar refractivity (Wildman–Crippen MR) is 61.2 cm³/mol. The van der Waals surface area contributed by atoms with Gasteiger partial charge in [0.25, 0.3) is 0 Å². The van der Waals surface area contributed by atoms with E-state index in [2.05, 4.69) is 6.92 Å². The molecule has 0 aliphatic carbocycles. The average molecular weight is 234 g/mol. The Morgan fingerprint density at radius 1 is 1.57 bits per heavy atom. The molecule has 0 aliphatic heterocycles. The molecule has 1 rings (SSSR count). The molecule has 4 heteroatoms. The van der Waals surface area contributed by atoms with E-state index in [9.17, 15) is 4.39 Å². The fourth-order valence-corrected chi connectivity index (χ4v) is 1.85. The summed E-state index contributed by atoms with van der Waals surface area (Å²) < 4.78 is 13.0. The second kappa shape index (κ2) is 5.59. The summed E-state index contributed by atoms with van der Waals surface area (Å²) in [5.74, 6) is 0.414. The maximum Gasteiger partial charge on any atom is 0.142 e. The monoisotopic (exact) mass is 233 g/mol. The van der Waals surface area contributed by atoms with Crippen molar-refractivity contribution in [3.8, 4) is 0 Å². The van der Waals surface area contributed by atoms with Crippen LogP contribution in [0.5, 0.6) is 0 Å². The van der Waals surface area contributed by atoms with E-state index < -0.39 is 0 Å². The minimum atomic E-state index is -0.356. The van der Waals surface area contributed by atoms with Crippen molar-refractivity contribution >= 4 is 23.4 Å². The van der Waals surface area contributed by atoms with Gasteiger partial charge in [-0.3, -0.25) is 0 Å². The standard InChI is InChI=1S/C10H13ClFNS/c1-7(5-13)14-6-8-2-3-9(11)10(12)4-8/h2-4,7H,5-6,13H2,1H3. The molecule has 0 aromatic heterocycles. The van der Waals surface area contributed by atoms with Crippen LogP contribution in [0.25, 0.3) is 0 Å². The first kappa shape index (κ1) is 11.8. The third kappa shape index (κ3) is 3.48. The Bertz CT molecular complexity index is 306. The van der Waals surface area contributed by atoms with E-state index >= 15 is 0 Å². The van der Waals surface area contributed by atoms with E-state index in [-0.39, 0.29) is 10.8 Å². The highest BCUT2D eigenvalue weighted by molar-refractivity contribution is 7.99. The number of hydrogen-bond donors (Lipinski definition) is 1. The summed E-state index contributed by atoms with van der Waals surface area (Å²) in [6.07, 6.45) is 0. The number of halogens is 2. The van der Waals surface area contributed by atoms with E-state index in [1.54, 1.807) is 17.8 Å². The molecule has 0 saturated heterocycles. The van der Waals surface area contributed by atoms with Crippen LogP contribution in [-0.4, -0.2) is 11.8 Å². The van der Waals surface area contributed by atoms with Crippen LogP contribution >= 0.6 is 23.4 Å². The molecule has 1 aromatic rings. The second-order valence-corrected chi connectivity index (χ2v) is 4.94. The molecule has 14 heavy (non-hydrogen) atoms. The maximum atomic E-state index is 13.0. The Morgan fingerprint density at radius 2 is 2.29 bits per heavy atom. The number of rotatable bonds is 4. The van der Waals surface area contributed by atoms with Gasteiger partial charge in [0, 0.05) is 17.5 Å². The van der Waals surface area contributed by atoms with E-state index in [1.165, 1.54) is 6.07 Å². The quantitative estimate of drug-likeness (QED) is 0.865. The van der Waals surface area contributed by atoms with Crippen molar-refractivity contribution in [3.63, 3.8) is 0 Å². The molecular formula is C10H13ClFNS. The minimum absolute atomic E-state index is 0.172. The van der Waals surface area contributed by atoms with Crippen molar-refractivity contribution in [1.82, 2.24) is 0 Å². The first-order valence-electron chi connectivity index (χ1n) is 4.39. The second-order valence-electron chi connectivity index (χ2n) is 3.11. The number of thioether (sulfide) groups is 1. The van der Waals surface area contributed by atoms with E-state index in [0.29, 0.717) is 11.8 Å². The third-order valence-electron chi connectivity index (χ3n) is 1.85. The SMILES string of the molecule is CC(CN)SCc1ccc(Cl)c(F)c1. The van der Waals surface area contributed by atoms with Gasteiger partial charge in [-0.05, 0) is 17.7 Å². The van der Waals surface area contributed by atoms with Gasteiger partial charge in [0.05, 0.1) is 5.02 Å². The van der Waals surface area contributed by atoms with Crippen molar-refractivity contribution < 1.29 is 4.39 Å². The van der Waals surface area contributed by atoms with Gasteiger partial charge in [0.2, 0.25) is 0 Å². The summed E-state index contributed by atoms with van der Waals surface area (Å²) in [6, 6.07) is 4.89. The summed E-state index contributed by atoms with van der Waals surface area (Å²) in [5.41, 5.74) is 6.42. The molecule has 0 saturated carbocycles. The lowest BCUT2D eigenvalue weighted by Crippen LogP contribution is -2.12. The lowest BCUT2D eigenvalue weighted by atomic mass is 10.2. The van der Waals surface area contributed by atoms with Gasteiger partial charge in [0.15, 0.2) is 0 Å². The zero-order valence-electron chi connectivity index (χ0n) is 7.97. The van der Waals surface area contributed by atoms with Crippen LogP contribution in [0.1, 0.15) is 12.5 Å². The van der Waals surface area contributed by atoms with Gasteiger partial charge < -0.3 is 5.73 Å². The van der Waals surface area contributed by atoms with Crippen molar-refractivity contribution in [2.24, 2.45) is 5.73 Å². The largest absolute Gasteiger partial charge is 0.329 e. The number of hydrogen-bond acceptors (Lipinski definition) is 2. The first-order valence-corrected chi connectivity index (χ1v) is 5.81. The fourth-order valence-electron chi connectivity index (χ4n) is 0.936. The molecule has 1 unspecified atom stereocenters. The molecule has 1 nitrogen and oxygen atoms in total. The van der Waals surface area contributed by atoms with Crippen molar-refractivity contribution in [1.29, 1.82) is 0 Å². The van der Waals surface area contributed by atoms with Crippen LogP contribution in [0, 0.1) is 5.82 Å². The third-order valence-corrected chi connectivity index (χ3v) is 3.42. The lowest BCUT2D eigenvalue weighted by molar-refractivity contribution is 0.627. The molecule has 0 amide bonds. The van der Waals surface area contributed by atoms with Gasteiger partial charge in [-0.1, -0.05) is 24.6 Å². The minimum Gasteiger partial charge on any atom is -0.329 e. The van der Waals surface area contributed by atoms with Crippen LogP contribution in [-0.2, 0) is 5.75 Å². The predicted octanol–water partition coefficient (Wildman–Crippen LogP) is 3.06. The van der Waals surface area contributed by atoms with Gasteiger partial charge >= 0.3 is 0 Å². The Kier molecular flexibility index (Phi) is 4.72. The van der Waals surface area contributed by atoms with Crippen LogP contribution in [0.4, 0.5) is 4.39 Å². The van der Waals surface area contributed by atoms with Crippen molar-refractivity contribution in [3.05, 3.63) is 34.6 Å². The molecule has 1 aromatic carbocycles. The molecule has 2 N–H and O–H groups in total. The molecule has 0 radical (unpaired) electrons. The number of benzene rings is 1. The Labute approximate surface area is 92.8 Å². The van der Waals surface area contributed by atoms with E-state index in [4.69, 9.17) is 17.3 Å². The van der Waals surface area contributed by atoms with Crippen molar-refractivity contribution in [2.75, 3.05) is 6.54 Å². The molecule has 0 bridgehead atoms. The summed E-state index contributed by atoms with van der Waals surface area (Å²) in [6.45, 7) is 2.69. The van der Waals surface area contributed by atoms with Gasteiger partial charge in [-0.25, -0.2) is 4.39 Å². The smallest absolute Gasteiger partial charge is 0.142 e. The van der Waals surface area contributed by atoms with E-state index in [1.807, 2.05) is 6.07 Å². The zero-order valence-corrected chi connectivity index (χ0v) is 9.54. The Morgan fingerprint density at radius 3 is 2.86 bits per heavy atom. The molecule has 78 valence electrons. The average Bonchev–Trinajstić information content (AvgIpc) is 2.19. The molecule has 0 fully saturated rings. The Balaban J connectivity index is 2.55. The summed E-state index contributed by atoms with van der Waals surface area (Å²) in [7, 11) is 0. The highest BCUT2D eigenvalue weighted by Gasteiger charge is 2.03. The molecule has 1 atom stereocenters. The van der Waals surface area contributed by atoms with Crippen LogP contribution in [0.15, 0.2) is 18.2 Å². The van der Waals surface area contributed by atoms with Crippen LogP contribution in [0.2, 0.25) is 5.02 Å². The maximum absolute atomic E-state index is 13.0. The van der Waals surface area contributed by atoms with E-state index in [0.717, 1.165) is 11.3 Å². The normalized spacial score (nSPS) is 12.9. The Hall–Kier alpha value is -0.250. The molecule has 0 aliphatic rings. The van der Waals surface area contributed by atoms with Gasteiger partial charge in [0.1, 0.15) is 5.82 Å². The van der Waals surface area contributed by atoms with Gasteiger partial charge in [-0.15, -0.1) is 0 Å². The molecule has 0 heterocycles. The fraction of sp³-hybridized carbons (Fsp3) is 0.400. The van der Waals surface area contributed by atoms with Crippen molar-refractivity contribution in [2.45, 2.75) is 17.9 Å². The van der Waals surface area contributed by atoms with Crippen LogP contribution in [0.3, 0.4) is 0 Å². The summed E-state index contributed by atoms with van der Waals surface area (Å²) in [4.78, 5) is 0. The summed E-state index contributed by atoms with van der Waals surface area (Å²) in [5, 5.41) is 0.569. The lowest BCUT2D eigenvalue weighted by Gasteiger charge is -2.08. The highest BCUT2D eigenvalue weighted by atomic mass is 35.5. The summed E-state index contributed by atoms with van der Waals surface area (Å²) >= 11 is 7.28. The molecular weight excluding hydrogens is 221 g/mol. The topological polar surface area (TPSA) is 26.0 Å². The number of nitrogens with two attached hydrogens (primary N) is 1. The van der Waals surface area contributed by atoms with Crippen LogP contribution < -0.4 is 5.73 Å². The van der Waals surface area contributed by atoms with Gasteiger partial charge in [-0.2, -0.15) is 11.8 Å². The molecule has 0 spiro atoms. The first-order chi connectivity index (χ1) is 6.63. The zero-order chi connectivity index (χ0) is 10.6. The highest BCUT2D eigenvalue weighted by Crippen LogP contribution is 2.21.